The molecular formula is C22H26FN6NaO5S. The van der Waals surface area contributed by atoms with Gasteiger partial charge < -0.3 is 17.2 Å². The minimum atomic E-state index is -3.40. The number of hydrogen-bond acceptors (Lipinski definition) is 9. The summed E-state index contributed by atoms with van der Waals surface area (Å²) in [5.74, 6) is -2.30. The molecule has 0 aliphatic carbocycles. The fraction of sp³-hybridized carbons (Fsp3) is 0.273. The predicted octanol–water partition coefficient (Wildman–Crippen LogP) is -0.397. The van der Waals surface area contributed by atoms with Gasteiger partial charge in [-0.25, -0.2) is 13.7 Å². The van der Waals surface area contributed by atoms with Crippen LogP contribution in [-0.4, -0.2) is 67.5 Å². The van der Waals surface area contributed by atoms with Crippen molar-refractivity contribution in [2.45, 2.75) is 13.0 Å². The maximum Gasteiger partial charge on any atom is 1.00 e. The molecule has 5 N–H and O–H groups in total. The second-order valence-corrected chi connectivity index (χ2v) is 9.94. The quantitative estimate of drug-likeness (QED) is 0.279. The Bertz CT molecular complexity index is 1320. The molecule has 4 rings (SSSR count). The van der Waals surface area contributed by atoms with E-state index in [0.29, 0.717) is 23.9 Å². The Morgan fingerprint density at radius 2 is 1.97 bits per heavy atom. The van der Waals surface area contributed by atoms with Crippen molar-refractivity contribution in [2.75, 3.05) is 31.5 Å². The number of anilines is 1. The van der Waals surface area contributed by atoms with Crippen LogP contribution in [0.4, 0.5) is 10.2 Å². The van der Waals surface area contributed by atoms with Crippen molar-refractivity contribution in [1.82, 2.24) is 24.9 Å². The first-order chi connectivity index (χ1) is 16.6. The van der Waals surface area contributed by atoms with Gasteiger partial charge >= 0.3 is 29.6 Å². The number of carbonyl (C=O) groups is 2. The third-order valence-corrected chi connectivity index (χ3v) is 7.66. The van der Waals surface area contributed by atoms with Crippen LogP contribution in [0.2, 0.25) is 0 Å². The molecular weight excluding hydrogens is 502 g/mol. The number of aromatic nitrogens is 2. The third kappa shape index (κ3) is 5.27. The first-order valence-corrected chi connectivity index (χ1v) is 12.1. The van der Waals surface area contributed by atoms with E-state index >= 15 is 0 Å². The molecule has 1 fully saturated rings. The average molecular weight is 529 g/mol. The van der Waals surface area contributed by atoms with Gasteiger partial charge in [0.25, 0.3) is 11.8 Å². The van der Waals surface area contributed by atoms with Crippen molar-refractivity contribution in [2.24, 2.45) is 0 Å². The molecule has 3 heterocycles. The van der Waals surface area contributed by atoms with E-state index in [-0.39, 0.29) is 66.7 Å². The summed E-state index contributed by atoms with van der Waals surface area (Å²) in [5, 5.41) is 16.1. The van der Waals surface area contributed by atoms with Crippen molar-refractivity contribution in [3.8, 4) is 5.75 Å². The standard InChI is InChI=1S/C22H25FN6O5S.Na.H/c1-24-21(31)16-11-14(23)7-6-13(16)12-26-22(32)18-19(30)17-15(5-3-8-25-17)20(27-18)29-10-4-9-28(2)35(29,33)34;;/h3,5-8,11,30,33-34H,4,9-10,12H2,1-2H3,(H,24,31)(H,26,32);;/q;+1;-1. The van der Waals surface area contributed by atoms with Crippen LogP contribution in [0.5, 0.6) is 5.75 Å². The van der Waals surface area contributed by atoms with Crippen LogP contribution in [-0.2, 0) is 6.54 Å². The number of aromatic hydroxyl groups is 1. The van der Waals surface area contributed by atoms with Gasteiger partial charge in [0.1, 0.15) is 11.3 Å². The van der Waals surface area contributed by atoms with E-state index in [0.717, 1.165) is 6.07 Å². The Morgan fingerprint density at radius 1 is 1.22 bits per heavy atom. The van der Waals surface area contributed by atoms with Crippen LogP contribution < -0.4 is 44.5 Å². The smallest absolute Gasteiger partial charge is 1.00 e. The summed E-state index contributed by atoms with van der Waals surface area (Å²) < 4.78 is 38.0. The van der Waals surface area contributed by atoms with Gasteiger partial charge in [-0.1, -0.05) is 6.07 Å². The zero-order chi connectivity index (χ0) is 25.3. The Kier molecular flexibility index (Phi) is 8.77. The van der Waals surface area contributed by atoms with Crippen LogP contribution in [0, 0.1) is 5.82 Å². The molecule has 36 heavy (non-hydrogen) atoms. The number of hydrogen-bond donors (Lipinski definition) is 5. The van der Waals surface area contributed by atoms with Gasteiger partial charge in [0.15, 0.2) is 17.3 Å². The number of amides is 2. The van der Waals surface area contributed by atoms with Gasteiger partial charge in [0.05, 0.1) is 0 Å². The number of rotatable bonds is 5. The molecule has 3 aromatic rings. The largest absolute Gasteiger partial charge is 1.00 e. The third-order valence-electron chi connectivity index (χ3n) is 5.70. The molecule has 0 saturated carbocycles. The molecule has 1 aromatic carbocycles. The van der Waals surface area contributed by atoms with E-state index in [1.165, 1.54) is 34.0 Å². The van der Waals surface area contributed by atoms with Crippen LogP contribution in [0.15, 0.2) is 36.5 Å². The number of pyridine rings is 2. The Balaban J connectivity index is 0.00000241. The molecule has 0 radical (unpaired) electrons. The Labute approximate surface area is 232 Å². The molecule has 0 bridgehead atoms. The zero-order valence-electron chi connectivity index (χ0n) is 21.0. The van der Waals surface area contributed by atoms with Gasteiger partial charge in [-0.15, -0.1) is 0 Å². The number of fused-ring (bicyclic) bond motifs is 1. The van der Waals surface area contributed by atoms with Crippen LogP contribution >= 0.6 is 11.0 Å². The summed E-state index contributed by atoms with van der Waals surface area (Å²) in [5.41, 5.74) is 0.0952. The summed E-state index contributed by atoms with van der Waals surface area (Å²) in [4.78, 5) is 33.7. The predicted molar refractivity (Wildman–Crippen MR) is 131 cm³/mol. The summed E-state index contributed by atoms with van der Waals surface area (Å²) >= 11 is 0. The first kappa shape index (κ1) is 28.1. The first-order valence-electron chi connectivity index (χ1n) is 10.7. The molecule has 2 amide bonds. The van der Waals surface area contributed by atoms with E-state index in [4.69, 9.17) is 0 Å². The normalized spacial score (nSPS) is 16.2. The van der Waals surface area contributed by atoms with E-state index < -0.39 is 34.3 Å². The second-order valence-electron chi connectivity index (χ2n) is 7.89. The number of halogens is 1. The van der Waals surface area contributed by atoms with Crippen molar-refractivity contribution in [3.05, 3.63) is 59.2 Å². The van der Waals surface area contributed by atoms with Crippen molar-refractivity contribution >= 4 is 39.5 Å². The van der Waals surface area contributed by atoms with Crippen LogP contribution in [0.25, 0.3) is 10.9 Å². The maximum absolute atomic E-state index is 13.7. The fourth-order valence-corrected chi connectivity index (χ4v) is 5.29. The van der Waals surface area contributed by atoms with E-state index in [1.54, 1.807) is 19.2 Å². The number of benzene rings is 1. The van der Waals surface area contributed by atoms with Gasteiger partial charge in [-0.2, -0.15) is 4.31 Å². The van der Waals surface area contributed by atoms with E-state index in [2.05, 4.69) is 20.6 Å². The minimum Gasteiger partial charge on any atom is -1.00 e. The molecule has 188 valence electrons. The SMILES string of the molecule is CNC(=O)c1cc(F)ccc1CNC(=O)c1nc(N2CCCN(C)S2(O)O)c2cccnc2c1O.[H-].[Na+]. The van der Waals surface area contributed by atoms with Gasteiger partial charge in [0.2, 0.25) is 0 Å². The van der Waals surface area contributed by atoms with Crippen LogP contribution in [0.1, 0.15) is 34.3 Å². The summed E-state index contributed by atoms with van der Waals surface area (Å²) in [6, 6.07) is 6.83. The number of nitrogens with zero attached hydrogens (tertiary/aromatic N) is 4. The fourth-order valence-electron chi connectivity index (χ4n) is 3.83. The second kappa shape index (κ2) is 11.3. The summed E-state index contributed by atoms with van der Waals surface area (Å²) in [6.45, 7) is 0.576. The molecule has 0 unspecified atom stereocenters. The molecule has 14 heteroatoms. The maximum atomic E-state index is 13.7. The summed E-state index contributed by atoms with van der Waals surface area (Å²) in [7, 11) is -0.418. The van der Waals surface area contributed by atoms with Crippen molar-refractivity contribution in [3.63, 3.8) is 0 Å². The molecule has 0 atom stereocenters. The minimum absolute atomic E-state index is 0. The molecule has 11 nitrogen and oxygen atoms in total. The number of nitrogens with one attached hydrogen (secondary N) is 2. The van der Waals surface area contributed by atoms with E-state index in [1.807, 2.05) is 0 Å². The van der Waals surface area contributed by atoms with Gasteiger partial charge in [-0.05, 0) is 47.2 Å². The number of carbonyl (C=O) groups excluding carboxylic acids is 2. The Hall–Kier alpha value is -2.52. The molecule has 0 spiro atoms. The average Bonchev–Trinajstić information content (AvgIpc) is 2.85. The molecule has 1 aliphatic rings. The van der Waals surface area contributed by atoms with E-state index in [9.17, 15) is 28.2 Å². The van der Waals surface area contributed by atoms with Crippen molar-refractivity contribution in [1.29, 1.82) is 0 Å². The monoisotopic (exact) mass is 528 g/mol. The Morgan fingerprint density at radius 3 is 2.69 bits per heavy atom. The summed E-state index contributed by atoms with van der Waals surface area (Å²) in [6.07, 6.45) is 2.05. The topological polar surface area (TPSA) is 151 Å². The molecule has 2 aromatic heterocycles. The van der Waals surface area contributed by atoms with Crippen molar-refractivity contribution < 1.29 is 59.2 Å². The zero-order valence-corrected chi connectivity index (χ0v) is 22.8. The molecule has 1 saturated heterocycles. The van der Waals surface area contributed by atoms with Gasteiger partial charge in [0, 0.05) is 50.9 Å². The van der Waals surface area contributed by atoms with Crippen LogP contribution in [0.3, 0.4) is 0 Å². The van der Waals surface area contributed by atoms with Gasteiger partial charge in [-0.3, -0.25) is 23.7 Å². The molecule has 1 aliphatic heterocycles.